The Morgan fingerprint density at radius 1 is 1.40 bits per heavy atom. The minimum atomic E-state index is -0.247. The van der Waals surface area contributed by atoms with Crippen LogP contribution in [-0.2, 0) is 0 Å². The molecule has 0 unspecified atom stereocenters. The molecular weight excluding hydrogens is 195 g/mol. The van der Waals surface area contributed by atoms with Gasteiger partial charge in [0.2, 0.25) is 0 Å². The third kappa shape index (κ3) is 3.51. The van der Waals surface area contributed by atoms with Crippen molar-refractivity contribution in [2.75, 3.05) is 13.1 Å². The van der Waals surface area contributed by atoms with E-state index in [1.165, 1.54) is 0 Å². The molecule has 1 amide bonds. The molecule has 1 aromatic carbocycles. The summed E-state index contributed by atoms with van der Waals surface area (Å²) in [5.41, 5.74) is 1.25. The zero-order chi connectivity index (χ0) is 11.1. The Balaban J connectivity index is 2.54. The molecule has 0 atom stereocenters. The number of hydrogen-bond acceptors (Lipinski definition) is 4. The standard InChI is InChI=1S/C9H11BN2O3/c13-9(11-5-6-12-15)7-1-3-8(10-14)4-2-7/h1-4,10,14H,5-6H2,(H,11,13). The molecule has 0 bridgehead atoms. The number of nitrogens with one attached hydrogen (secondary N) is 1. The third-order valence-corrected chi connectivity index (χ3v) is 1.89. The van der Waals surface area contributed by atoms with Gasteiger partial charge in [-0.05, 0) is 12.1 Å². The van der Waals surface area contributed by atoms with Gasteiger partial charge in [0, 0.05) is 12.1 Å². The quantitative estimate of drug-likeness (QED) is 0.374. The van der Waals surface area contributed by atoms with Crippen molar-refractivity contribution in [3.8, 4) is 0 Å². The van der Waals surface area contributed by atoms with Crippen LogP contribution in [0.3, 0.4) is 0 Å². The van der Waals surface area contributed by atoms with Gasteiger partial charge in [-0.2, -0.15) is 4.91 Å². The Morgan fingerprint density at radius 3 is 2.60 bits per heavy atom. The van der Waals surface area contributed by atoms with E-state index in [2.05, 4.69) is 10.5 Å². The van der Waals surface area contributed by atoms with E-state index in [-0.39, 0.29) is 26.5 Å². The number of nitrogens with zero attached hydrogens (tertiary/aromatic N) is 1. The fourth-order valence-electron chi connectivity index (χ4n) is 1.08. The highest BCUT2D eigenvalue weighted by molar-refractivity contribution is 6.45. The van der Waals surface area contributed by atoms with E-state index < -0.39 is 0 Å². The van der Waals surface area contributed by atoms with Gasteiger partial charge in [-0.3, -0.25) is 4.79 Å². The molecular formula is C9H11BN2O3. The summed E-state index contributed by atoms with van der Waals surface area (Å²) >= 11 is 0. The van der Waals surface area contributed by atoms with Crippen molar-refractivity contribution in [3.05, 3.63) is 34.7 Å². The molecule has 0 saturated carbocycles. The van der Waals surface area contributed by atoms with Crippen LogP contribution in [0.5, 0.6) is 0 Å². The molecule has 0 aliphatic carbocycles. The lowest BCUT2D eigenvalue weighted by Crippen LogP contribution is -2.26. The highest BCUT2D eigenvalue weighted by Gasteiger charge is 2.04. The molecule has 0 spiro atoms. The number of benzene rings is 1. The summed E-state index contributed by atoms with van der Waals surface area (Å²) in [6.45, 7) is 0.310. The fraction of sp³-hybridized carbons (Fsp3) is 0.222. The number of hydrogen-bond donors (Lipinski definition) is 2. The summed E-state index contributed by atoms with van der Waals surface area (Å²) in [7, 11) is -0.0447. The first-order valence-electron chi connectivity index (χ1n) is 4.55. The van der Waals surface area contributed by atoms with Crippen LogP contribution in [0.25, 0.3) is 0 Å². The van der Waals surface area contributed by atoms with Gasteiger partial charge in [0.05, 0.1) is 6.54 Å². The predicted octanol–water partition coefficient (Wildman–Crippen LogP) is -0.848. The highest BCUT2D eigenvalue weighted by atomic mass is 16.3. The van der Waals surface area contributed by atoms with Gasteiger partial charge in [0.1, 0.15) is 0 Å². The van der Waals surface area contributed by atoms with Crippen molar-refractivity contribution in [3.63, 3.8) is 0 Å². The Morgan fingerprint density at radius 2 is 2.07 bits per heavy atom. The van der Waals surface area contributed by atoms with E-state index in [0.29, 0.717) is 5.56 Å². The molecule has 6 heteroatoms. The van der Waals surface area contributed by atoms with Crippen LogP contribution in [0, 0.1) is 4.91 Å². The van der Waals surface area contributed by atoms with Crippen molar-refractivity contribution >= 4 is 18.9 Å². The Hall–Kier alpha value is -1.69. The average Bonchev–Trinajstić information content (AvgIpc) is 2.29. The monoisotopic (exact) mass is 206 g/mol. The van der Waals surface area contributed by atoms with Crippen molar-refractivity contribution in [2.24, 2.45) is 5.18 Å². The Bertz CT molecular complexity index is 340. The zero-order valence-electron chi connectivity index (χ0n) is 8.14. The van der Waals surface area contributed by atoms with Crippen LogP contribution < -0.4 is 10.8 Å². The van der Waals surface area contributed by atoms with E-state index in [1.807, 2.05) is 0 Å². The van der Waals surface area contributed by atoms with Crippen LogP contribution in [0.15, 0.2) is 29.4 Å². The first-order chi connectivity index (χ1) is 7.27. The van der Waals surface area contributed by atoms with Gasteiger partial charge in [-0.25, -0.2) is 0 Å². The molecule has 15 heavy (non-hydrogen) atoms. The van der Waals surface area contributed by atoms with Crippen molar-refractivity contribution in [1.29, 1.82) is 0 Å². The molecule has 0 saturated heterocycles. The summed E-state index contributed by atoms with van der Waals surface area (Å²) in [5, 5.41) is 14.0. The second-order valence-electron chi connectivity index (χ2n) is 2.96. The van der Waals surface area contributed by atoms with Crippen LogP contribution >= 0.6 is 0 Å². The molecule has 0 fully saturated rings. The summed E-state index contributed by atoms with van der Waals surface area (Å²) in [6, 6.07) is 6.59. The molecule has 5 nitrogen and oxygen atoms in total. The molecule has 0 heterocycles. The maximum absolute atomic E-state index is 11.4. The first kappa shape index (κ1) is 11.4. The number of carbonyl (C=O) groups excluding carboxylic acids is 1. The van der Waals surface area contributed by atoms with Crippen molar-refractivity contribution in [2.45, 2.75) is 0 Å². The number of nitroso groups, excluding NO2 is 1. The zero-order valence-corrected chi connectivity index (χ0v) is 8.14. The average molecular weight is 206 g/mol. The Labute approximate surface area is 87.7 Å². The molecule has 78 valence electrons. The number of amides is 1. The second kappa shape index (κ2) is 5.92. The van der Waals surface area contributed by atoms with Crippen molar-refractivity contribution in [1.82, 2.24) is 5.32 Å². The largest absolute Gasteiger partial charge is 0.449 e. The maximum atomic E-state index is 11.4. The van der Waals surface area contributed by atoms with Gasteiger partial charge >= 0.3 is 7.48 Å². The summed E-state index contributed by atoms with van der Waals surface area (Å²) in [5.74, 6) is -0.247. The fourth-order valence-corrected chi connectivity index (χ4v) is 1.08. The Kier molecular flexibility index (Phi) is 4.50. The molecule has 2 N–H and O–H groups in total. The summed E-state index contributed by atoms with van der Waals surface area (Å²) in [6.07, 6.45) is 0. The van der Waals surface area contributed by atoms with Gasteiger partial charge in [-0.15, -0.1) is 0 Å². The van der Waals surface area contributed by atoms with E-state index in [1.54, 1.807) is 24.3 Å². The van der Waals surface area contributed by atoms with Crippen LogP contribution in [0.1, 0.15) is 10.4 Å². The molecule has 0 aromatic heterocycles. The van der Waals surface area contributed by atoms with Crippen molar-refractivity contribution < 1.29 is 9.82 Å². The van der Waals surface area contributed by atoms with Gasteiger partial charge in [-0.1, -0.05) is 22.8 Å². The minimum absolute atomic E-state index is 0.0447. The molecule has 1 rings (SSSR count). The van der Waals surface area contributed by atoms with Crippen LogP contribution in [0.2, 0.25) is 0 Å². The van der Waals surface area contributed by atoms with E-state index in [0.717, 1.165) is 5.46 Å². The lowest BCUT2D eigenvalue weighted by atomic mass is 9.88. The summed E-state index contributed by atoms with van der Waals surface area (Å²) < 4.78 is 0. The second-order valence-corrected chi connectivity index (χ2v) is 2.96. The lowest BCUT2D eigenvalue weighted by Gasteiger charge is -2.02. The van der Waals surface area contributed by atoms with E-state index in [4.69, 9.17) is 5.02 Å². The highest BCUT2D eigenvalue weighted by Crippen LogP contribution is 1.95. The maximum Gasteiger partial charge on any atom is 0.304 e. The lowest BCUT2D eigenvalue weighted by molar-refractivity contribution is 0.0955. The predicted molar refractivity (Wildman–Crippen MR) is 58.4 cm³/mol. The SMILES string of the molecule is O=NCCNC(=O)c1ccc(BO)cc1. The van der Waals surface area contributed by atoms with Crippen LogP contribution in [-0.4, -0.2) is 31.5 Å². The van der Waals surface area contributed by atoms with Crippen LogP contribution in [0.4, 0.5) is 0 Å². The normalized spacial score (nSPS) is 9.40. The minimum Gasteiger partial charge on any atom is -0.449 e. The molecule has 0 aliphatic rings. The number of rotatable bonds is 5. The van der Waals surface area contributed by atoms with E-state index in [9.17, 15) is 9.70 Å². The molecule has 1 aromatic rings. The third-order valence-electron chi connectivity index (χ3n) is 1.89. The molecule has 0 aliphatic heterocycles. The van der Waals surface area contributed by atoms with Gasteiger partial charge in [0.15, 0.2) is 0 Å². The van der Waals surface area contributed by atoms with E-state index >= 15 is 0 Å². The number of carbonyl (C=O) groups is 1. The smallest absolute Gasteiger partial charge is 0.304 e. The molecule has 0 radical (unpaired) electrons. The van der Waals surface area contributed by atoms with Gasteiger partial charge in [0.25, 0.3) is 5.91 Å². The summed E-state index contributed by atoms with van der Waals surface area (Å²) in [4.78, 5) is 21.2. The first-order valence-corrected chi connectivity index (χ1v) is 4.55. The van der Waals surface area contributed by atoms with Gasteiger partial charge < -0.3 is 10.3 Å². The topological polar surface area (TPSA) is 78.8 Å².